The van der Waals surface area contributed by atoms with Crippen molar-refractivity contribution < 1.29 is 14.3 Å². The van der Waals surface area contributed by atoms with Gasteiger partial charge in [-0.3, -0.25) is 9.69 Å². The van der Waals surface area contributed by atoms with Gasteiger partial charge in [-0.15, -0.1) is 0 Å². The Hall–Kier alpha value is -2.08. The number of piperazine rings is 1. The lowest BCUT2D eigenvalue weighted by molar-refractivity contribution is -0.121. The van der Waals surface area contributed by atoms with Gasteiger partial charge < -0.3 is 15.0 Å². The molecule has 1 unspecified atom stereocenters. The Morgan fingerprint density at radius 3 is 2.38 bits per heavy atom. The first-order valence-corrected chi connectivity index (χ1v) is 9.31. The molecule has 0 aromatic heterocycles. The van der Waals surface area contributed by atoms with Crippen LogP contribution in [0.3, 0.4) is 0 Å². The topological polar surface area (TPSA) is 61.9 Å². The molecule has 1 aromatic carbocycles. The van der Waals surface area contributed by atoms with Gasteiger partial charge in [0.1, 0.15) is 0 Å². The van der Waals surface area contributed by atoms with E-state index in [-0.39, 0.29) is 18.0 Å². The molecule has 0 radical (unpaired) electrons. The molecule has 1 atom stereocenters. The molecule has 144 valence electrons. The first-order valence-electron chi connectivity index (χ1n) is 9.31. The summed E-state index contributed by atoms with van der Waals surface area (Å²) >= 11 is 0. The number of hydrogen-bond acceptors (Lipinski definition) is 4. The second-order valence-electron chi connectivity index (χ2n) is 7.48. The number of anilines is 1. The molecule has 0 bridgehead atoms. The third-order valence-corrected chi connectivity index (χ3v) is 4.69. The molecule has 1 aliphatic heterocycles. The van der Waals surface area contributed by atoms with Crippen molar-refractivity contribution in [2.45, 2.75) is 40.7 Å². The Balaban J connectivity index is 1.85. The summed E-state index contributed by atoms with van der Waals surface area (Å²) < 4.78 is 5.28. The summed E-state index contributed by atoms with van der Waals surface area (Å²) in [7, 11) is 0. The van der Waals surface area contributed by atoms with Crippen molar-refractivity contribution in [3.8, 4) is 0 Å². The predicted octanol–water partition coefficient (Wildman–Crippen LogP) is 3.04. The number of benzene rings is 1. The zero-order valence-electron chi connectivity index (χ0n) is 16.5. The van der Waals surface area contributed by atoms with Gasteiger partial charge >= 0.3 is 6.09 Å². The summed E-state index contributed by atoms with van der Waals surface area (Å²) in [6.45, 7) is 12.9. The second kappa shape index (κ2) is 9.03. The first kappa shape index (κ1) is 20.2. The third kappa shape index (κ3) is 5.46. The van der Waals surface area contributed by atoms with Crippen LogP contribution >= 0.6 is 0 Å². The Morgan fingerprint density at radius 1 is 1.12 bits per heavy atom. The highest BCUT2D eigenvalue weighted by Crippen LogP contribution is 2.17. The lowest BCUT2D eigenvalue weighted by Crippen LogP contribution is -2.54. The highest BCUT2D eigenvalue weighted by molar-refractivity contribution is 5.95. The smallest absolute Gasteiger partial charge is 0.409 e. The quantitative estimate of drug-likeness (QED) is 0.876. The average molecular weight is 361 g/mol. The van der Waals surface area contributed by atoms with Crippen LogP contribution in [0.1, 0.15) is 31.9 Å². The summed E-state index contributed by atoms with van der Waals surface area (Å²) in [4.78, 5) is 28.5. The van der Waals surface area contributed by atoms with Gasteiger partial charge in [0.25, 0.3) is 0 Å². The zero-order valence-corrected chi connectivity index (χ0v) is 16.5. The van der Waals surface area contributed by atoms with Gasteiger partial charge in [0.15, 0.2) is 0 Å². The van der Waals surface area contributed by atoms with Gasteiger partial charge in [-0.05, 0) is 43.9 Å². The van der Waals surface area contributed by atoms with Crippen LogP contribution in [0.15, 0.2) is 18.2 Å². The number of aryl methyl sites for hydroxylation is 2. The second-order valence-corrected chi connectivity index (χ2v) is 7.48. The summed E-state index contributed by atoms with van der Waals surface area (Å²) in [5.41, 5.74) is 3.03. The molecule has 1 heterocycles. The minimum absolute atomic E-state index is 0.0189. The van der Waals surface area contributed by atoms with E-state index in [1.165, 1.54) is 0 Å². The molecule has 2 rings (SSSR count). The number of carbonyl (C=O) groups excluding carboxylic acids is 2. The number of rotatable bonds is 5. The van der Waals surface area contributed by atoms with Crippen molar-refractivity contribution in [2.75, 3.05) is 38.1 Å². The number of nitrogens with zero attached hydrogens (tertiary/aromatic N) is 2. The van der Waals surface area contributed by atoms with Crippen molar-refractivity contribution in [1.82, 2.24) is 9.80 Å². The van der Waals surface area contributed by atoms with E-state index < -0.39 is 0 Å². The molecule has 26 heavy (non-hydrogen) atoms. The van der Waals surface area contributed by atoms with Crippen molar-refractivity contribution >= 4 is 17.7 Å². The molecule has 1 N–H and O–H groups in total. The number of ether oxygens (including phenoxy) is 1. The summed E-state index contributed by atoms with van der Waals surface area (Å²) in [6.07, 6.45) is -0.258. The molecular weight excluding hydrogens is 330 g/mol. The lowest BCUT2D eigenvalue weighted by atomic mass is 10.1. The minimum Gasteiger partial charge on any atom is -0.449 e. The molecule has 6 nitrogen and oxygen atoms in total. The van der Waals surface area contributed by atoms with Gasteiger partial charge in [0.05, 0.1) is 12.6 Å². The normalized spacial score (nSPS) is 16.5. The van der Waals surface area contributed by atoms with Gasteiger partial charge in [-0.2, -0.15) is 0 Å². The molecule has 6 heteroatoms. The fourth-order valence-corrected chi connectivity index (χ4v) is 2.89. The van der Waals surface area contributed by atoms with Gasteiger partial charge in [-0.1, -0.05) is 26.0 Å². The molecule has 0 saturated carbocycles. The Bertz CT molecular complexity index is 637. The summed E-state index contributed by atoms with van der Waals surface area (Å²) in [5.74, 6) is 0.309. The Kier molecular flexibility index (Phi) is 7.03. The molecular formula is C20H31N3O3. The molecule has 1 saturated heterocycles. The van der Waals surface area contributed by atoms with Crippen LogP contribution in [0.25, 0.3) is 0 Å². The van der Waals surface area contributed by atoms with E-state index in [1.54, 1.807) is 4.90 Å². The summed E-state index contributed by atoms with van der Waals surface area (Å²) in [5, 5.41) is 3.03. The fraction of sp³-hybridized carbons (Fsp3) is 0.600. The van der Waals surface area contributed by atoms with E-state index in [2.05, 4.69) is 10.2 Å². The van der Waals surface area contributed by atoms with Crippen LogP contribution in [0, 0.1) is 19.8 Å². The largest absolute Gasteiger partial charge is 0.449 e. The highest BCUT2D eigenvalue weighted by atomic mass is 16.6. The lowest BCUT2D eigenvalue weighted by Gasteiger charge is -2.37. The monoisotopic (exact) mass is 361 g/mol. The van der Waals surface area contributed by atoms with Gasteiger partial charge in [-0.25, -0.2) is 4.79 Å². The van der Waals surface area contributed by atoms with Crippen molar-refractivity contribution in [3.63, 3.8) is 0 Å². The minimum atomic E-state index is -0.258. The van der Waals surface area contributed by atoms with Crippen molar-refractivity contribution in [3.05, 3.63) is 29.3 Å². The molecule has 0 aliphatic carbocycles. The van der Waals surface area contributed by atoms with Crippen molar-refractivity contribution in [2.24, 2.45) is 5.92 Å². The number of amides is 2. The van der Waals surface area contributed by atoms with Crippen LogP contribution in [-0.2, 0) is 9.53 Å². The average Bonchev–Trinajstić information content (AvgIpc) is 2.62. The molecule has 2 amide bonds. The fourth-order valence-electron chi connectivity index (χ4n) is 2.89. The maximum atomic E-state index is 12.6. The first-order chi connectivity index (χ1) is 12.3. The van der Waals surface area contributed by atoms with Gasteiger partial charge in [0.2, 0.25) is 5.91 Å². The van der Waals surface area contributed by atoms with E-state index in [9.17, 15) is 9.59 Å². The number of carbonyl (C=O) groups is 2. The van der Waals surface area contributed by atoms with Crippen LogP contribution in [-0.4, -0.2) is 60.6 Å². The predicted molar refractivity (Wildman–Crippen MR) is 103 cm³/mol. The third-order valence-electron chi connectivity index (χ3n) is 4.69. The molecule has 0 spiro atoms. The van der Waals surface area contributed by atoms with Crippen LogP contribution in [0.4, 0.5) is 10.5 Å². The molecule has 1 fully saturated rings. The van der Waals surface area contributed by atoms with E-state index in [0.717, 1.165) is 16.8 Å². The van der Waals surface area contributed by atoms with E-state index in [4.69, 9.17) is 4.74 Å². The zero-order chi connectivity index (χ0) is 19.3. The molecule has 1 aliphatic rings. The van der Waals surface area contributed by atoms with Crippen LogP contribution < -0.4 is 5.32 Å². The van der Waals surface area contributed by atoms with E-state index in [1.807, 2.05) is 52.8 Å². The SMILES string of the molecule is Cc1ccc(C)c(NC(=O)C(C)N2CCN(C(=O)OCC(C)C)CC2)c1. The maximum Gasteiger partial charge on any atom is 0.409 e. The van der Waals surface area contributed by atoms with E-state index in [0.29, 0.717) is 38.7 Å². The maximum absolute atomic E-state index is 12.6. The summed E-state index contributed by atoms with van der Waals surface area (Å²) in [6, 6.07) is 5.79. The van der Waals surface area contributed by atoms with E-state index >= 15 is 0 Å². The Morgan fingerprint density at radius 2 is 1.77 bits per heavy atom. The van der Waals surface area contributed by atoms with Crippen LogP contribution in [0.5, 0.6) is 0 Å². The van der Waals surface area contributed by atoms with Crippen LogP contribution in [0.2, 0.25) is 0 Å². The molecule has 1 aromatic rings. The van der Waals surface area contributed by atoms with Crippen molar-refractivity contribution in [1.29, 1.82) is 0 Å². The number of hydrogen-bond donors (Lipinski definition) is 1. The van der Waals surface area contributed by atoms with Gasteiger partial charge in [0, 0.05) is 31.9 Å². The standard InChI is InChI=1S/C20H31N3O3/c1-14(2)13-26-20(25)23-10-8-22(9-11-23)17(5)19(24)21-18-12-15(3)6-7-16(18)4/h6-7,12,14,17H,8-11,13H2,1-5H3,(H,21,24). The number of nitrogens with one attached hydrogen (secondary N) is 1. The Labute approximate surface area is 156 Å². The highest BCUT2D eigenvalue weighted by Gasteiger charge is 2.28.